The fraction of sp³-hybridized carbons (Fsp3) is 0.462. The minimum atomic E-state index is 0.231. The van der Waals surface area contributed by atoms with Crippen molar-refractivity contribution in [2.75, 3.05) is 13.7 Å². The molecule has 0 saturated heterocycles. The van der Waals surface area contributed by atoms with Gasteiger partial charge in [-0.25, -0.2) is 0 Å². The summed E-state index contributed by atoms with van der Waals surface area (Å²) in [5.41, 5.74) is 1.01. The Bertz CT molecular complexity index is 416. The fourth-order valence-electron chi connectivity index (χ4n) is 1.66. The van der Waals surface area contributed by atoms with E-state index < -0.39 is 0 Å². The molecule has 17 heavy (non-hydrogen) atoms. The van der Waals surface area contributed by atoms with Crippen LogP contribution in [-0.2, 0) is 11.2 Å². The summed E-state index contributed by atoms with van der Waals surface area (Å²) < 4.78 is 6.04. The molecule has 1 saturated carbocycles. The third-order valence-corrected chi connectivity index (χ3v) is 3.40. The fourth-order valence-corrected chi connectivity index (χ4v) is 2.24. The van der Waals surface area contributed by atoms with Gasteiger partial charge in [-0.1, -0.05) is 6.07 Å². The second kappa shape index (κ2) is 5.65. The van der Waals surface area contributed by atoms with Gasteiger partial charge in [-0.05, 0) is 46.5 Å². The van der Waals surface area contributed by atoms with E-state index in [0.29, 0.717) is 19.0 Å². The summed E-state index contributed by atoms with van der Waals surface area (Å²) in [5.74, 6) is 1.02. The number of carbonyl (C=O) groups is 1. The molecule has 0 aromatic heterocycles. The van der Waals surface area contributed by atoms with Crippen molar-refractivity contribution in [1.82, 2.24) is 5.32 Å². The first kappa shape index (κ1) is 12.6. The molecule has 0 radical (unpaired) electrons. The number of hydrogen-bond acceptors (Lipinski definition) is 3. The number of halogens is 1. The maximum absolute atomic E-state index is 11.7. The molecule has 1 aromatic rings. The summed E-state index contributed by atoms with van der Waals surface area (Å²) in [6.45, 7) is 0.480. The summed E-state index contributed by atoms with van der Waals surface area (Å²) in [6.07, 6.45) is 2.89. The highest BCUT2D eigenvalue weighted by molar-refractivity contribution is 9.10. The zero-order valence-electron chi connectivity index (χ0n) is 9.83. The van der Waals surface area contributed by atoms with E-state index in [9.17, 15) is 4.79 Å². The molecule has 1 fully saturated rings. The van der Waals surface area contributed by atoms with Crippen LogP contribution in [0.15, 0.2) is 22.7 Å². The van der Waals surface area contributed by atoms with E-state index in [1.54, 1.807) is 7.11 Å². The van der Waals surface area contributed by atoms with Gasteiger partial charge >= 0.3 is 0 Å². The van der Waals surface area contributed by atoms with Gasteiger partial charge in [-0.15, -0.1) is 0 Å². The van der Waals surface area contributed by atoms with Gasteiger partial charge in [0.25, 0.3) is 0 Å². The number of ether oxygens (including phenoxy) is 1. The van der Waals surface area contributed by atoms with Gasteiger partial charge < -0.3 is 10.1 Å². The Morgan fingerprint density at radius 2 is 2.29 bits per heavy atom. The van der Waals surface area contributed by atoms with E-state index >= 15 is 0 Å². The highest BCUT2D eigenvalue weighted by atomic mass is 79.9. The average Bonchev–Trinajstić information content (AvgIpc) is 3.10. The Kier molecular flexibility index (Phi) is 4.18. The lowest BCUT2D eigenvalue weighted by Gasteiger charge is -2.06. The number of benzene rings is 1. The predicted octanol–water partition coefficient (Wildman–Crippen LogP) is 2.32. The number of rotatable bonds is 6. The third-order valence-electron chi connectivity index (χ3n) is 2.78. The minimum absolute atomic E-state index is 0.231. The molecule has 0 amide bonds. The van der Waals surface area contributed by atoms with Crippen LogP contribution in [0.3, 0.4) is 0 Å². The van der Waals surface area contributed by atoms with Crippen molar-refractivity contribution < 1.29 is 9.53 Å². The standard InChI is InChI=1S/C13H16BrNO2/c1-17-13-5-2-9(7-12(13)14)6-11(16)8-15-10-3-4-10/h2,5,7,10,15H,3-4,6,8H2,1H3. The quantitative estimate of drug-likeness (QED) is 0.876. The van der Waals surface area contributed by atoms with Crippen LogP contribution in [0.2, 0.25) is 0 Å². The van der Waals surface area contributed by atoms with Gasteiger partial charge in [0, 0.05) is 12.5 Å². The SMILES string of the molecule is COc1ccc(CC(=O)CNC2CC2)cc1Br. The van der Waals surface area contributed by atoms with Crippen LogP contribution in [0.1, 0.15) is 18.4 Å². The molecule has 0 heterocycles. The van der Waals surface area contributed by atoms with Gasteiger partial charge in [0.15, 0.2) is 5.78 Å². The molecule has 0 aliphatic heterocycles. The number of ketones is 1. The molecule has 3 nitrogen and oxygen atoms in total. The van der Waals surface area contributed by atoms with E-state index in [4.69, 9.17) is 4.74 Å². The molecule has 2 rings (SSSR count). The van der Waals surface area contributed by atoms with Gasteiger partial charge in [0.2, 0.25) is 0 Å². The Balaban J connectivity index is 1.88. The largest absolute Gasteiger partial charge is 0.496 e. The monoisotopic (exact) mass is 297 g/mol. The summed E-state index contributed by atoms with van der Waals surface area (Å²) in [4.78, 5) is 11.7. The smallest absolute Gasteiger partial charge is 0.150 e. The lowest BCUT2D eigenvalue weighted by molar-refractivity contribution is -0.117. The van der Waals surface area contributed by atoms with Crippen LogP contribution in [0.4, 0.5) is 0 Å². The second-order valence-electron chi connectivity index (χ2n) is 4.34. The zero-order chi connectivity index (χ0) is 12.3. The summed E-state index contributed by atoms with van der Waals surface area (Å²) >= 11 is 3.42. The number of nitrogens with one attached hydrogen (secondary N) is 1. The van der Waals surface area contributed by atoms with Crippen molar-refractivity contribution in [3.05, 3.63) is 28.2 Å². The number of methoxy groups -OCH3 is 1. The van der Waals surface area contributed by atoms with Crippen molar-refractivity contribution >= 4 is 21.7 Å². The number of Topliss-reactive ketones (excluding diaryl/α,β-unsaturated/α-hetero) is 1. The number of carbonyl (C=O) groups excluding carboxylic acids is 1. The first-order valence-electron chi connectivity index (χ1n) is 5.76. The van der Waals surface area contributed by atoms with Crippen LogP contribution in [0, 0.1) is 0 Å². The normalized spacial score (nSPS) is 14.7. The van der Waals surface area contributed by atoms with Crippen molar-refractivity contribution in [1.29, 1.82) is 0 Å². The Hall–Kier alpha value is -0.870. The van der Waals surface area contributed by atoms with Gasteiger partial charge in [-0.2, -0.15) is 0 Å². The molecule has 0 unspecified atom stereocenters. The summed E-state index contributed by atoms with van der Waals surface area (Å²) in [6, 6.07) is 6.33. The van der Waals surface area contributed by atoms with Crippen molar-refractivity contribution in [3.63, 3.8) is 0 Å². The molecule has 1 aromatic carbocycles. The summed E-state index contributed by atoms with van der Waals surface area (Å²) in [7, 11) is 1.63. The molecule has 0 bridgehead atoms. The van der Waals surface area contributed by atoms with E-state index in [2.05, 4.69) is 21.2 Å². The van der Waals surface area contributed by atoms with E-state index in [1.165, 1.54) is 12.8 Å². The van der Waals surface area contributed by atoms with Gasteiger partial charge in [-0.3, -0.25) is 4.79 Å². The van der Waals surface area contributed by atoms with Crippen LogP contribution < -0.4 is 10.1 Å². The minimum Gasteiger partial charge on any atom is -0.496 e. The zero-order valence-corrected chi connectivity index (χ0v) is 11.4. The van der Waals surface area contributed by atoms with Crippen molar-refractivity contribution in [2.45, 2.75) is 25.3 Å². The first-order chi connectivity index (χ1) is 8.19. The maximum Gasteiger partial charge on any atom is 0.150 e. The highest BCUT2D eigenvalue weighted by Gasteiger charge is 2.21. The topological polar surface area (TPSA) is 38.3 Å². The lowest BCUT2D eigenvalue weighted by Crippen LogP contribution is -2.25. The Morgan fingerprint density at radius 1 is 1.53 bits per heavy atom. The average molecular weight is 298 g/mol. The molecule has 0 atom stereocenters. The van der Waals surface area contributed by atoms with Crippen molar-refractivity contribution in [3.8, 4) is 5.75 Å². The van der Waals surface area contributed by atoms with Gasteiger partial charge in [0.05, 0.1) is 18.1 Å². The Morgan fingerprint density at radius 3 is 2.88 bits per heavy atom. The van der Waals surface area contributed by atoms with E-state index in [1.807, 2.05) is 18.2 Å². The van der Waals surface area contributed by atoms with E-state index in [0.717, 1.165) is 15.8 Å². The lowest BCUT2D eigenvalue weighted by atomic mass is 10.1. The first-order valence-corrected chi connectivity index (χ1v) is 6.56. The van der Waals surface area contributed by atoms with Crippen LogP contribution >= 0.6 is 15.9 Å². The van der Waals surface area contributed by atoms with Crippen LogP contribution in [-0.4, -0.2) is 25.5 Å². The van der Waals surface area contributed by atoms with E-state index in [-0.39, 0.29) is 5.78 Å². The molecular weight excluding hydrogens is 282 g/mol. The molecule has 1 N–H and O–H groups in total. The van der Waals surface area contributed by atoms with Gasteiger partial charge in [0.1, 0.15) is 5.75 Å². The molecular formula is C13H16BrNO2. The highest BCUT2D eigenvalue weighted by Crippen LogP contribution is 2.25. The molecule has 0 spiro atoms. The third kappa shape index (κ3) is 3.82. The number of hydrogen-bond donors (Lipinski definition) is 1. The summed E-state index contributed by atoms with van der Waals surface area (Å²) in [5, 5.41) is 3.23. The molecule has 1 aliphatic carbocycles. The molecule has 1 aliphatic rings. The predicted molar refractivity (Wildman–Crippen MR) is 70.4 cm³/mol. The maximum atomic E-state index is 11.7. The van der Waals surface area contributed by atoms with Crippen LogP contribution in [0.5, 0.6) is 5.75 Å². The molecule has 4 heteroatoms. The van der Waals surface area contributed by atoms with Crippen LogP contribution in [0.25, 0.3) is 0 Å². The van der Waals surface area contributed by atoms with Crippen molar-refractivity contribution in [2.24, 2.45) is 0 Å². The Labute approximate surface area is 110 Å². The second-order valence-corrected chi connectivity index (χ2v) is 5.19. The molecule has 92 valence electrons.